The molecule has 0 atom stereocenters. The Labute approximate surface area is 162 Å². The van der Waals surface area contributed by atoms with Crippen LogP contribution in [0.15, 0.2) is 52.5 Å². The Hall–Kier alpha value is -2.29. The van der Waals surface area contributed by atoms with Crippen LogP contribution >= 0.6 is 11.6 Å². The van der Waals surface area contributed by atoms with E-state index in [2.05, 4.69) is 10.5 Å². The standard InChI is InChI=1S/C18H19ClFN3O3S/c1-12-4-7-15(8-5-12)27(25,26)23(3)11-18(24)22-21-13(2)16-9-6-14(20)10-17(16)19/h4-10H,11H2,1-3H3,(H,22,24)/b21-13-. The van der Waals surface area contributed by atoms with Crippen LogP contribution in [0.1, 0.15) is 18.1 Å². The summed E-state index contributed by atoms with van der Waals surface area (Å²) in [6, 6.07) is 10.1. The molecule has 6 nitrogen and oxygen atoms in total. The van der Waals surface area contributed by atoms with E-state index in [9.17, 15) is 17.6 Å². The van der Waals surface area contributed by atoms with E-state index in [1.165, 1.54) is 31.3 Å². The van der Waals surface area contributed by atoms with Crippen molar-refractivity contribution >= 4 is 33.2 Å². The van der Waals surface area contributed by atoms with Crippen LogP contribution in [0.5, 0.6) is 0 Å². The maximum Gasteiger partial charge on any atom is 0.255 e. The smallest absolute Gasteiger partial charge is 0.255 e. The van der Waals surface area contributed by atoms with Gasteiger partial charge in [0.2, 0.25) is 10.0 Å². The minimum Gasteiger partial charge on any atom is -0.272 e. The summed E-state index contributed by atoms with van der Waals surface area (Å²) in [7, 11) is -2.48. The van der Waals surface area contributed by atoms with Gasteiger partial charge in [0.1, 0.15) is 5.82 Å². The predicted molar refractivity (Wildman–Crippen MR) is 103 cm³/mol. The third kappa shape index (κ3) is 5.35. The fourth-order valence-electron chi connectivity index (χ4n) is 2.20. The highest BCUT2D eigenvalue weighted by molar-refractivity contribution is 7.89. The normalized spacial score (nSPS) is 12.3. The summed E-state index contributed by atoms with van der Waals surface area (Å²) in [5, 5.41) is 4.05. The number of sulfonamides is 1. The summed E-state index contributed by atoms with van der Waals surface area (Å²) in [5.41, 5.74) is 4.02. The number of carbonyl (C=O) groups excluding carboxylic acids is 1. The first-order valence-electron chi connectivity index (χ1n) is 7.93. The number of hydrogen-bond donors (Lipinski definition) is 1. The molecule has 0 saturated heterocycles. The van der Waals surface area contributed by atoms with Gasteiger partial charge in [-0.05, 0) is 44.2 Å². The van der Waals surface area contributed by atoms with Gasteiger partial charge in [-0.1, -0.05) is 29.3 Å². The lowest BCUT2D eigenvalue weighted by atomic mass is 10.1. The Morgan fingerprint density at radius 3 is 2.44 bits per heavy atom. The van der Waals surface area contributed by atoms with Crippen LogP contribution in [0.2, 0.25) is 5.02 Å². The van der Waals surface area contributed by atoms with Crippen molar-refractivity contribution < 1.29 is 17.6 Å². The topological polar surface area (TPSA) is 78.8 Å². The number of hydrogen-bond acceptors (Lipinski definition) is 4. The lowest BCUT2D eigenvalue weighted by Crippen LogP contribution is -2.36. The highest BCUT2D eigenvalue weighted by atomic mass is 35.5. The van der Waals surface area contributed by atoms with Crippen LogP contribution < -0.4 is 5.43 Å². The summed E-state index contributed by atoms with van der Waals surface area (Å²) < 4.78 is 39.0. The van der Waals surface area contributed by atoms with Crippen molar-refractivity contribution in [1.29, 1.82) is 0 Å². The minimum absolute atomic E-state index is 0.0983. The highest BCUT2D eigenvalue weighted by Crippen LogP contribution is 2.18. The Kier molecular flexibility index (Phi) is 6.69. The SMILES string of the molecule is C/C(=N/NC(=O)CN(C)S(=O)(=O)c1ccc(C)cc1)c1ccc(F)cc1Cl. The van der Waals surface area contributed by atoms with E-state index >= 15 is 0 Å². The van der Waals surface area contributed by atoms with Gasteiger partial charge in [0, 0.05) is 12.6 Å². The second kappa shape index (κ2) is 8.60. The first-order valence-corrected chi connectivity index (χ1v) is 9.74. The molecule has 0 spiro atoms. The summed E-state index contributed by atoms with van der Waals surface area (Å²) in [4.78, 5) is 12.1. The van der Waals surface area contributed by atoms with E-state index in [0.29, 0.717) is 11.3 Å². The van der Waals surface area contributed by atoms with Crippen LogP contribution in [0.4, 0.5) is 4.39 Å². The summed E-state index contributed by atoms with van der Waals surface area (Å²) >= 11 is 5.94. The average molecular weight is 412 g/mol. The zero-order valence-corrected chi connectivity index (χ0v) is 16.6. The lowest BCUT2D eigenvalue weighted by molar-refractivity contribution is -0.121. The quantitative estimate of drug-likeness (QED) is 0.586. The zero-order chi connectivity index (χ0) is 20.2. The van der Waals surface area contributed by atoms with Gasteiger partial charge in [-0.15, -0.1) is 0 Å². The second-order valence-corrected chi connectivity index (χ2v) is 8.38. The molecular weight excluding hydrogens is 393 g/mol. The van der Waals surface area contributed by atoms with Gasteiger partial charge in [-0.2, -0.15) is 9.41 Å². The Bertz CT molecular complexity index is 976. The van der Waals surface area contributed by atoms with E-state index in [1.54, 1.807) is 19.1 Å². The molecule has 0 aromatic heterocycles. The number of aryl methyl sites for hydroxylation is 1. The minimum atomic E-state index is -3.79. The first-order chi connectivity index (χ1) is 12.6. The van der Waals surface area contributed by atoms with E-state index in [1.807, 2.05) is 6.92 Å². The Morgan fingerprint density at radius 1 is 1.22 bits per heavy atom. The van der Waals surface area contributed by atoms with Crippen molar-refractivity contribution in [3.05, 3.63) is 64.4 Å². The number of hydrazone groups is 1. The summed E-state index contributed by atoms with van der Waals surface area (Å²) in [6.07, 6.45) is 0. The monoisotopic (exact) mass is 411 g/mol. The predicted octanol–water partition coefficient (Wildman–Crippen LogP) is 2.95. The number of amides is 1. The molecule has 2 aromatic rings. The largest absolute Gasteiger partial charge is 0.272 e. The maximum atomic E-state index is 13.1. The molecule has 0 unspecified atom stereocenters. The highest BCUT2D eigenvalue weighted by Gasteiger charge is 2.22. The molecule has 0 aliphatic rings. The molecule has 1 N–H and O–H groups in total. The molecule has 0 aliphatic carbocycles. The van der Waals surface area contributed by atoms with E-state index in [4.69, 9.17) is 11.6 Å². The molecule has 2 aromatic carbocycles. The molecule has 0 fully saturated rings. The second-order valence-electron chi connectivity index (χ2n) is 5.93. The summed E-state index contributed by atoms with van der Waals surface area (Å²) in [5.74, 6) is -1.10. The first kappa shape index (κ1) is 21.0. The molecule has 144 valence electrons. The van der Waals surface area contributed by atoms with Crippen LogP contribution in [0.3, 0.4) is 0 Å². The fourth-order valence-corrected chi connectivity index (χ4v) is 3.63. The number of nitrogens with zero attached hydrogens (tertiary/aromatic N) is 2. The van der Waals surface area contributed by atoms with Crippen molar-refractivity contribution in [3.8, 4) is 0 Å². The molecule has 2 rings (SSSR count). The molecule has 1 amide bonds. The van der Waals surface area contributed by atoms with E-state index < -0.39 is 28.3 Å². The number of carbonyl (C=O) groups is 1. The van der Waals surface area contributed by atoms with Gasteiger partial charge >= 0.3 is 0 Å². The molecular formula is C18H19ClFN3O3S. The van der Waals surface area contributed by atoms with Crippen molar-refractivity contribution in [2.45, 2.75) is 18.7 Å². The molecule has 0 bridgehead atoms. The van der Waals surface area contributed by atoms with Gasteiger partial charge in [-0.25, -0.2) is 18.2 Å². The van der Waals surface area contributed by atoms with Gasteiger partial charge < -0.3 is 0 Å². The van der Waals surface area contributed by atoms with E-state index in [-0.39, 0.29) is 9.92 Å². The van der Waals surface area contributed by atoms with Gasteiger partial charge in [0.25, 0.3) is 5.91 Å². The summed E-state index contributed by atoms with van der Waals surface area (Å²) in [6.45, 7) is 3.03. The van der Waals surface area contributed by atoms with Crippen LogP contribution in [0.25, 0.3) is 0 Å². The lowest BCUT2D eigenvalue weighted by Gasteiger charge is -2.16. The number of halogens is 2. The Balaban J connectivity index is 2.05. The molecule has 0 radical (unpaired) electrons. The molecule has 0 aliphatic heterocycles. The van der Waals surface area contributed by atoms with Crippen molar-refractivity contribution in [1.82, 2.24) is 9.73 Å². The van der Waals surface area contributed by atoms with Crippen LogP contribution in [0, 0.1) is 12.7 Å². The molecule has 9 heteroatoms. The van der Waals surface area contributed by atoms with Crippen LogP contribution in [-0.4, -0.2) is 37.9 Å². The van der Waals surface area contributed by atoms with Gasteiger partial charge in [-0.3, -0.25) is 4.79 Å². The van der Waals surface area contributed by atoms with Gasteiger partial charge in [0.05, 0.1) is 22.2 Å². The average Bonchev–Trinajstić information content (AvgIpc) is 2.60. The fraction of sp³-hybridized carbons (Fsp3) is 0.222. The van der Waals surface area contributed by atoms with Crippen LogP contribution in [-0.2, 0) is 14.8 Å². The zero-order valence-electron chi connectivity index (χ0n) is 15.0. The maximum absolute atomic E-state index is 13.1. The third-order valence-corrected chi connectivity index (χ3v) is 5.89. The third-order valence-electron chi connectivity index (χ3n) is 3.76. The molecule has 27 heavy (non-hydrogen) atoms. The number of nitrogens with one attached hydrogen (secondary N) is 1. The number of benzene rings is 2. The van der Waals surface area contributed by atoms with Crippen molar-refractivity contribution in [2.24, 2.45) is 5.10 Å². The van der Waals surface area contributed by atoms with Gasteiger partial charge in [0.15, 0.2) is 0 Å². The number of rotatable bonds is 6. The van der Waals surface area contributed by atoms with Crippen molar-refractivity contribution in [2.75, 3.05) is 13.6 Å². The number of likely N-dealkylation sites (N-methyl/N-ethyl adjacent to an activating group) is 1. The Morgan fingerprint density at radius 2 is 1.85 bits per heavy atom. The van der Waals surface area contributed by atoms with E-state index in [0.717, 1.165) is 15.9 Å². The molecule has 0 saturated carbocycles. The molecule has 0 heterocycles. The van der Waals surface area contributed by atoms with Crippen molar-refractivity contribution in [3.63, 3.8) is 0 Å².